The number of sulfonamides is 1. The van der Waals surface area contributed by atoms with Crippen molar-refractivity contribution < 1.29 is 18.0 Å². The van der Waals surface area contributed by atoms with Crippen molar-refractivity contribution in [1.29, 1.82) is 0 Å². The summed E-state index contributed by atoms with van der Waals surface area (Å²) in [6, 6.07) is 18.6. The third kappa shape index (κ3) is 7.79. The predicted molar refractivity (Wildman–Crippen MR) is 135 cm³/mol. The average Bonchev–Trinajstić information content (AvgIpc) is 3.29. The Morgan fingerprint density at radius 2 is 1.74 bits per heavy atom. The molecular formula is C26H28N4O4S. The van der Waals surface area contributed by atoms with Crippen LogP contribution in [0, 0.1) is 5.92 Å². The minimum absolute atomic E-state index is 0.00113. The van der Waals surface area contributed by atoms with Gasteiger partial charge < -0.3 is 4.90 Å². The maximum Gasteiger partial charge on any atom is 0.257 e. The van der Waals surface area contributed by atoms with Crippen LogP contribution in [0.25, 0.3) is 6.08 Å². The summed E-state index contributed by atoms with van der Waals surface area (Å²) in [5, 5.41) is 5.23. The minimum atomic E-state index is -4.12. The van der Waals surface area contributed by atoms with Gasteiger partial charge in [-0.2, -0.15) is 5.10 Å². The number of amides is 2. The topological polar surface area (TPSA) is 101 Å². The van der Waals surface area contributed by atoms with Gasteiger partial charge in [0.05, 0.1) is 18.1 Å². The molecule has 0 spiro atoms. The third-order valence-electron chi connectivity index (χ3n) is 5.19. The molecule has 3 aromatic rings. The molecule has 0 saturated carbocycles. The monoisotopic (exact) mass is 492 g/mol. The maximum absolute atomic E-state index is 13.0. The van der Waals surface area contributed by atoms with Crippen LogP contribution < -0.4 is 4.72 Å². The zero-order valence-corrected chi connectivity index (χ0v) is 20.3. The van der Waals surface area contributed by atoms with Crippen LogP contribution in [0.5, 0.6) is 0 Å². The van der Waals surface area contributed by atoms with Crippen molar-refractivity contribution >= 4 is 27.9 Å². The summed E-state index contributed by atoms with van der Waals surface area (Å²) >= 11 is 0. The second-order valence-electron chi connectivity index (χ2n) is 8.02. The Hall–Kier alpha value is -3.98. The van der Waals surface area contributed by atoms with Gasteiger partial charge in [0.1, 0.15) is 5.92 Å². The number of hydrogen-bond acceptors (Lipinski definition) is 5. The van der Waals surface area contributed by atoms with Gasteiger partial charge in [-0.3, -0.25) is 14.3 Å². The molecule has 0 aliphatic rings. The zero-order valence-electron chi connectivity index (χ0n) is 19.4. The van der Waals surface area contributed by atoms with E-state index in [-0.39, 0.29) is 13.0 Å². The molecule has 3 rings (SSSR count). The standard InChI is InChI=1S/C26H28N4O4S/c1-3-15-29(2)26(32)24(17-23-18-27-30(20-23)19-22-12-8-5-9-13-22)25(31)28-35(33,34)16-14-21-10-6-4-7-11-21/h3-14,16,18,20,24H,1,15,17,19H2,2H3,(H,28,31). The summed E-state index contributed by atoms with van der Waals surface area (Å²) in [5.41, 5.74) is 2.35. The van der Waals surface area contributed by atoms with Crippen LogP contribution in [0.15, 0.2) is 91.1 Å². The Bertz CT molecular complexity index is 1290. The van der Waals surface area contributed by atoms with Crippen molar-refractivity contribution in [3.05, 3.63) is 108 Å². The summed E-state index contributed by atoms with van der Waals surface area (Å²) < 4.78 is 28.8. The first kappa shape index (κ1) is 25.6. The van der Waals surface area contributed by atoms with E-state index in [1.54, 1.807) is 41.3 Å². The van der Waals surface area contributed by atoms with Gasteiger partial charge in [0.25, 0.3) is 10.0 Å². The van der Waals surface area contributed by atoms with Crippen molar-refractivity contribution in [3.8, 4) is 0 Å². The van der Waals surface area contributed by atoms with Crippen molar-refractivity contribution in [1.82, 2.24) is 19.4 Å². The SMILES string of the molecule is C=CCN(C)C(=O)C(Cc1cnn(Cc2ccccc2)c1)C(=O)NS(=O)(=O)C=Cc1ccccc1. The first-order valence-corrected chi connectivity index (χ1v) is 12.5. The quantitative estimate of drug-likeness (QED) is 0.328. The number of carbonyl (C=O) groups excluding carboxylic acids is 2. The summed E-state index contributed by atoms with van der Waals surface area (Å²) in [4.78, 5) is 27.3. The molecule has 182 valence electrons. The number of benzene rings is 2. The lowest BCUT2D eigenvalue weighted by molar-refractivity contribution is -0.140. The second-order valence-corrected chi connectivity index (χ2v) is 9.59. The van der Waals surface area contributed by atoms with E-state index in [0.29, 0.717) is 17.7 Å². The van der Waals surface area contributed by atoms with Gasteiger partial charge in [0.15, 0.2) is 0 Å². The molecule has 2 amide bonds. The number of carbonyl (C=O) groups is 2. The van der Waals surface area contributed by atoms with Crippen LogP contribution in [0.1, 0.15) is 16.7 Å². The summed E-state index contributed by atoms with van der Waals surface area (Å²) in [6.07, 6.45) is 6.23. The average molecular weight is 493 g/mol. The predicted octanol–water partition coefficient (Wildman–Crippen LogP) is 2.85. The number of hydrogen-bond donors (Lipinski definition) is 1. The Labute approximate surface area is 205 Å². The van der Waals surface area contributed by atoms with E-state index in [1.807, 2.05) is 41.1 Å². The fraction of sp³-hybridized carbons (Fsp3) is 0.192. The third-order valence-corrected chi connectivity index (χ3v) is 6.17. The van der Waals surface area contributed by atoms with Crippen LogP contribution in [0.2, 0.25) is 0 Å². The Balaban J connectivity index is 1.76. The molecule has 1 N–H and O–H groups in total. The summed E-state index contributed by atoms with van der Waals surface area (Å²) in [7, 11) is -2.58. The normalized spacial score (nSPS) is 12.3. The Kier molecular flexibility index (Phi) is 8.74. The highest BCUT2D eigenvalue weighted by atomic mass is 32.2. The van der Waals surface area contributed by atoms with Crippen LogP contribution in [-0.4, -0.2) is 48.5 Å². The lowest BCUT2D eigenvalue weighted by Crippen LogP contribution is -2.44. The molecule has 0 aliphatic carbocycles. The number of likely N-dealkylation sites (N-methyl/N-ethyl adjacent to an activating group) is 1. The minimum Gasteiger partial charge on any atom is -0.341 e. The van der Waals surface area contributed by atoms with Crippen molar-refractivity contribution in [3.63, 3.8) is 0 Å². The van der Waals surface area contributed by atoms with E-state index in [4.69, 9.17) is 0 Å². The first-order chi connectivity index (χ1) is 16.8. The molecule has 1 unspecified atom stereocenters. The van der Waals surface area contributed by atoms with Crippen molar-refractivity contribution in [2.45, 2.75) is 13.0 Å². The molecule has 9 heteroatoms. The highest BCUT2D eigenvalue weighted by Crippen LogP contribution is 2.14. The highest BCUT2D eigenvalue weighted by Gasteiger charge is 2.31. The van der Waals surface area contributed by atoms with Gasteiger partial charge in [-0.05, 0) is 29.2 Å². The summed E-state index contributed by atoms with van der Waals surface area (Å²) in [6.45, 7) is 4.36. The lowest BCUT2D eigenvalue weighted by Gasteiger charge is -2.21. The Morgan fingerprint density at radius 1 is 1.09 bits per heavy atom. The van der Waals surface area contributed by atoms with E-state index >= 15 is 0 Å². The number of aromatic nitrogens is 2. The summed E-state index contributed by atoms with van der Waals surface area (Å²) in [5.74, 6) is -2.67. The van der Waals surface area contributed by atoms with E-state index in [0.717, 1.165) is 11.0 Å². The molecule has 1 atom stereocenters. The van der Waals surface area contributed by atoms with Crippen LogP contribution in [-0.2, 0) is 32.6 Å². The molecule has 2 aromatic carbocycles. The molecule has 0 bridgehead atoms. The number of nitrogens with one attached hydrogen (secondary N) is 1. The highest BCUT2D eigenvalue weighted by molar-refractivity contribution is 7.93. The maximum atomic E-state index is 13.0. The molecule has 0 saturated heterocycles. The molecule has 0 fully saturated rings. The molecular weight excluding hydrogens is 464 g/mol. The fourth-order valence-corrected chi connectivity index (χ4v) is 4.25. The smallest absolute Gasteiger partial charge is 0.257 e. The largest absolute Gasteiger partial charge is 0.341 e. The lowest BCUT2D eigenvalue weighted by atomic mass is 9.99. The van der Waals surface area contributed by atoms with Crippen LogP contribution >= 0.6 is 0 Å². The number of nitrogens with zero attached hydrogens (tertiary/aromatic N) is 3. The molecule has 0 radical (unpaired) electrons. The van der Waals surface area contributed by atoms with Gasteiger partial charge in [-0.1, -0.05) is 66.7 Å². The molecule has 0 aliphatic heterocycles. The first-order valence-electron chi connectivity index (χ1n) is 11.0. The van der Waals surface area contributed by atoms with Gasteiger partial charge in [0.2, 0.25) is 11.8 Å². The van der Waals surface area contributed by atoms with Crippen LogP contribution in [0.4, 0.5) is 0 Å². The Morgan fingerprint density at radius 3 is 2.40 bits per heavy atom. The van der Waals surface area contributed by atoms with E-state index < -0.39 is 27.8 Å². The van der Waals surface area contributed by atoms with E-state index in [1.165, 1.54) is 24.1 Å². The van der Waals surface area contributed by atoms with E-state index in [2.05, 4.69) is 11.7 Å². The number of rotatable bonds is 11. The zero-order chi connectivity index (χ0) is 25.3. The molecule has 8 nitrogen and oxygen atoms in total. The molecule has 35 heavy (non-hydrogen) atoms. The van der Waals surface area contributed by atoms with Gasteiger partial charge >= 0.3 is 0 Å². The van der Waals surface area contributed by atoms with E-state index in [9.17, 15) is 18.0 Å². The van der Waals surface area contributed by atoms with Gasteiger partial charge in [0, 0.05) is 19.8 Å². The molecule has 1 heterocycles. The second kappa shape index (κ2) is 11.9. The van der Waals surface area contributed by atoms with Gasteiger partial charge in [-0.25, -0.2) is 13.1 Å². The van der Waals surface area contributed by atoms with Crippen molar-refractivity contribution in [2.24, 2.45) is 5.92 Å². The van der Waals surface area contributed by atoms with Crippen LogP contribution in [0.3, 0.4) is 0 Å². The fourth-order valence-electron chi connectivity index (χ4n) is 3.42. The van der Waals surface area contributed by atoms with Crippen molar-refractivity contribution in [2.75, 3.05) is 13.6 Å². The van der Waals surface area contributed by atoms with Gasteiger partial charge in [-0.15, -0.1) is 6.58 Å². The molecule has 1 aromatic heterocycles.